The van der Waals surface area contributed by atoms with Crippen LogP contribution < -0.4 is 5.43 Å². The molecule has 0 atom stereocenters. The summed E-state index contributed by atoms with van der Waals surface area (Å²) >= 11 is 0. The Labute approximate surface area is 133 Å². The molecular formula is C18H18N2O3. The van der Waals surface area contributed by atoms with Crippen molar-refractivity contribution < 1.29 is 9.53 Å². The molecule has 2 N–H and O–H groups in total. The maximum atomic E-state index is 13.0. The number of hydrogen-bond acceptors (Lipinski definition) is 3. The minimum atomic E-state index is -0.533. The fraction of sp³-hybridized carbons (Fsp3) is 0.222. The summed E-state index contributed by atoms with van der Waals surface area (Å²) < 4.78 is 5.10. The molecule has 0 bridgehead atoms. The zero-order chi connectivity index (χ0) is 16.6. The number of esters is 1. The van der Waals surface area contributed by atoms with E-state index in [9.17, 15) is 9.59 Å². The van der Waals surface area contributed by atoms with Crippen LogP contribution in [0.4, 0.5) is 0 Å². The molecule has 1 aromatic carbocycles. The molecule has 0 aliphatic rings. The van der Waals surface area contributed by atoms with Gasteiger partial charge in [-0.2, -0.15) is 0 Å². The van der Waals surface area contributed by atoms with E-state index in [2.05, 4.69) is 9.97 Å². The van der Waals surface area contributed by atoms with Crippen molar-refractivity contribution in [1.82, 2.24) is 9.97 Å². The molecule has 5 nitrogen and oxygen atoms in total. The lowest BCUT2D eigenvalue weighted by molar-refractivity contribution is 0.0521. The molecule has 2 heterocycles. The standard InChI is InChI=1S/C18H18N2O3/c1-4-23-18(22)16-15(13-6-5-7-19-13)17(21)12-8-10(2)11(3)9-14(12)20-16/h5-9,19H,4H2,1-3H3,(H,20,21). The van der Waals surface area contributed by atoms with E-state index in [4.69, 9.17) is 4.74 Å². The Hall–Kier alpha value is -2.82. The molecule has 3 rings (SSSR count). The molecule has 0 saturated heterocycles. The third-order valence-corrected chi connectivity index (χ3v) is 3.96. The van der Waals surface area contributed by atoms with Gasteiger partial charge in [0.1, 0.15) is 5.69 Å². The number of carbonyl (C=O) groups excluding carboxylic acids is 1. The summed E-state index contributed by atoms with van der Waals surface area (Å²) in [6.07, 6.45) is 1.72. The van der Waals surface area contributed by atoms with Crippen molar-refractivity contribution in [1.29, 1.82) is 0 Å². The zero-order valence-corrected chi connectivity index (χ0v) is 13.3. The van der Waals surface area contributed by atoms with Gasteiger partial charge in [-0.15, -0.1) is 0 Å². The van der Waals surface area contributed by atoms with Gasteiger partial charge in [0.15, 0.2) is 5.43 Å². The van der Waals surface area contributed by atoms with Crippen molar-refractivity contribution in [2.45, 2.75) is 20.8 Å². The molecule has 118 valence electrons. The summed E-state index contributed by atoms with van der Waals surface area (Å²) in [5.74, 6) is -0.533. The van der Waals surface area contributed by atoms with E-state index in [0.29, 0.717) is 22.2 Å². The molecule has 2 aromatic heterocycles. The highest BCUT2D eigenvalue weighted by molar-refractivity contribution is 5.99. The Balaban J connectivity index is 2.39. The number of aromatic amines is 2. The quantitative estimate of drug-likeness (QED) is 0.729. The Bertz CT molecular complexity index is 937. The largest absolute Gasteiger partial charge is 0.461 e. The van der Waals surface area contributed by atoms with Gasteiger partial charge in [-0.3, -0.25) is 4.79 Å². The van der Waals surface area contributed by atoms with E-state index in [-0.39, 0.29) is 17.7 Å². The summed E-state index contributed by atoms with van der Waals surface area (Å²) in [6.45, 7) is 5.91. The molecule has 0 amide bonds. The van der Waals surface area contributed by atoms with Crippen LogP contribution >= 0.6 is 0 Å². The molecule has 23 heavy (non-hydrogen) atoms. The number of nitrogens with one attached hydrogen (secondary N) is 2. The van der Waals surface area contributed by atoms with Crippen molar-refractivity contribution >= 4 is 16.9 Å². The molecule has 0 unspecified atom stereocenters. The van der Waals surface area contributed by atoms with Gasteiger partial charge < -0.3 is 14.7 Å². The van der Waals surface area contributed by atoms with E-state index in [1.807, 2.05) is 26.0 Å². The lowest BCUT2D eigenvalue weighted by Gasteiger charge is -2.11. The van der Waals surface area contributed by atoms with Gasteiger partial charge in [0.05, 0.1) is 23.4 Å². The van der Waals surface area contributed by atoms with Gasteiger partial charge in [-0.05, 0) is 56.2 Å². The van der Waals surface area contributed by atoms with Crippen LogP contribution in [0.5, 0.6) is 0 Å². The fourth-order valence-corrected chi connectivity index (χ4v) is 2.65. The number of rotatable bonds is 3. The predicted molar refractivity (Wildman–Crippen MR) is 89.8 cm³/mol. The number of aromatic nitrogens is 2. The first kappa shape index (κ1) is 15.1. The molecule has 5 heteroatoms. The van der Waals surface area contributed by atoms with Crippen LogP contribution in [0.15, 0.2) is 35.3 Å². The first-order chi connectivity index (χ1) is 11.0. The maximum absolute atomic E-state index is 13.0. The number of aryl methyl sites for hydroxylation is 2. The van der Waals surface area contributed by atoms with Crippen LogP contribution in [-0.2, 0) is 4.74 Å². The van der Waals surface area contributed by atoms with Crippen LogP contribution in [0, 0.1) is 13.8 Å². The van der Waals surface area contributed by atoms with E-state index in [1.54, 1.807) is 25.3 Å². The third-order valence-electron chi connectivity index (χ3n) is 3.96. The molecule has 3 aromatic rings. The van der Waals surface area contributed by atoms with Gasteiger partial charge in [-0.25, -0.2) is 4.79 Å². The molecule has 0 aliphatic carbocycles. The Morgan fingerprint density at radius 2 is 1.96 bits per heavy atom. The lowest BCUT2D eigenvalue weighted by Crippen LogP contribution is -2.17. The van der Waals surface area contributed by atoms with Gasteiger partial charge in [0.2, 0.25) is 0 Å². The summed E-state index contributed by atoms with van der Waals surface area (Å²) in [6, 6.07) is 7.28. The minimum absolute atomic E-state index is 0.176. The van der Waals surface area contributed by atoms with Crippen LogP contribution in [0.1, 0.15) is 28.5 Å². The van der Waals surface area contributed by atoms with Crippen molar-refractivity contribution in [3.8, 4) is 11.3 Å². The van der Waals surface area contributed by atoms with E-state index < -0.39 is 5.97 Å². The summed E-state index contributed by atoms with van der Waals surface area (Å²) in [5.41, 5.74) is 3.61. The van der Waals surface area contributed by atoms with Crippen molar-refractivity contribution in [3.05, 3.63) is 57.5 Å². The summed E-state index contributed by atoms with van der Waals surface area (Å²) in [7, 11) is 0. The van der Waals surface area contributed by atoms with Gasteiger partial charge in [0.25, 0.3) is 0 Å². The molecular weight excluding hydrogens is 292 g/mol. The Morgan fingerprint density at radius 3 is 2.61 bits per heavy atom. The lowest BCUT2D eigenvalue weighted by atomic mass is 10.0. The van der Waals surface area contributed by atoms with Crippen molar-refractivity contribution in [2.24, 2.45) is 0 Å². The smallest absolute Gasteiger partial charge is 0.355 e. The Morgan fingerprint density at radius 1 is 1.22 bits per heavy atom. The first-order valence-corrected chi connectivity index (χ1v) is 7.51. The van der Waals surface area contributed by atoms with Crippen LogP contribution in [-0.4, -0.2) is 22.5 Å². The van der Waals surface area contributed by atoms with Crippen LogP contribution in [0.25, 0.3) is 22.2 Å². The molecule has 0 aliphatic heterocycles. The highest BCUT2D eigenvalue weighted by Crippen LogP contribution is 2.23. The number of ether oxygens (including phenoxy) is 1. The normalized spacial score (nSPS) is 10.9. The highest BCUT2D eigenvalue weighted by atomic mass is 16.5. The molecule has 0 saturated carbocycles. The van der Waals surface area contributed by atoms with Gasteiger partial charge in [0, 0.05) is 11.6 Å². The first-order valence-electron chi connectivity index (χ1n) is 7.51. The van der Waals surface area contributed by atoms with Crippen molar-refractivity contribution in [2.75, 3.05) is 6.61 Å². The van der Waals surface area contributed by atoms with Crippen LogP contribution in [0.2, 0.25) is 0 Å². The number of pyridine rings is 1. The summed E-state index contributed by atoms with van der Waals surface area (Å²) in [4.78, 5) is 31.4. The molecule has 0 radical (unpaired) electrons. The number of benzene rings is 1. The molecule has 0 spiro atoms. The average Bonchev–Trinajstić information content (AvgIpc) is 3.03. The number of H-pyrrole nitrogens is 2. The third kappa shape index (κ3) is 2.54. The van der Waals surface area contributed by atoms with E-state index in [0.717, 1.165) is 11.1 Å². The van der Waals surface area contributed by atoms with Crippen molar-refractivity contribution in [3.63, 3.8) is 0 Å². The number of hydrogen-bond donors (Lipinski definition) is 2. The molecule has 0 fully saturated rings. The number of carbonyl (C=O) groups is 1. The average molecular weight is 310 g/mol. The van der Waals surface area contributed by atoms with E-state index >= 15 is 0 Å². The highest BCUT2D eigenvalue weighted by Gasteiger charge is 2.21. The maximum Gasteiger partial charge on any atom is 0.355 e. The fourth-order valence-electron chi connectivity index (χ4n) is 2.65. The predicted octanol–water partition coefficient (Wildman–Crippen LogP) is 3.32. The van der Waals surface area contributed by atoms with E-state index in [1.165, 1.54) is 0 Å². The van der Waals surface area contributed by atoms with Crippen LogP contribution in [0.3, 0.4) is 0 Å². The monoisotopic (exact) mass is 310 g/mol. The second-order valence-electron chi connectivity index (χ2n) is 5.49. The Kier molecular flexibility index (Phi) is 3.78. The minimum Gasteiger partial charge on any atom is -0.461 e. The zero-order valence-electron chi connectivity index (χ0n) is 13.3. The second kappa shape index (κ2) is 5.76. The van der Waals surface area contributed by atoms with Gasteiger partial charge >= 0.3 is 5.97 Å². The topological polar surface area (TPSA) is 75.0 Å². The summed E-state index contributed by atoms with van der Waals surface area (Å²) in [5, 5.41) is 0.561. The number of fused-ring (bicyclic) bond motifs is 1. The SMILES string of the molecule is CCOC(=O)c1[nH]c2cc(C)c(C)cc2c(=O)c1-c1ccc[nH]1. The second-order valence-corrected chi connectivity index (χ2v) is 5.49. The van der Waals surface area contributed by atoms with Gasteiger partial charge in [-0.1, -0.05) is 0 Å².